The molecule has 0 fully saturated rings. The van der Waals surface area contributed by atoms with Gasteiger partial charge in [-0.1, -0.05) is 0 Å². The van der Waals surface area contributed by atoms with Crippen LogP contribution in [0.2, 0.25) is 0 Å². The van der Waals surface area contributed by atoms with Crippen LogP contribution >= 0.6 is 0 Å². The molecule has 0 spiro atoms. The summed E-state index contributed by atoms with van der Waals surface area (Å²) >= 11 is 0. The Morgan fingerprint density at radius 2 is 1.88 bits per heavy atom. The van der Waals surface area contributed by atoms with Gasteiger partial charge in [-0.05, 0) is 38.1 Å². The molecule has 7 heteroatoms. The van der Waals surface area contributed by atoms with Crippen molar-refractivity contribution < 1.29 is 14.3 Å². The lowest BCUT2D eigenvalue weighted by molar-refractivity contribution is -0.118. The van der Waals surface area contributed by atoms with Gasteiger partial charge >= 0.3 is 0 Å². The SMILES string of the molecule is CCN(CC)C(=O)c1ccc(NC(=O)COc2cncc(C#N)c2)cc1. The Balaban J connectivity index is 1.91. The number of carbonyl (C=O) groups excluding carboxylic acids is 2. The van der Waals surface area contributed by atoms with Gasteiger partial charge in [-0.2, -0.15) is 5.26 Å². The quantitative estimate of drug-likeness (QED) is 0.826. The molecule has 7 nitrogen and oxygen atoms in total. The first-order chi connectivity index (χ1) is 12.6. The fraction of sp³-hybridized carbons (Fsp3) is 0.263. The number of nitrogens with one attached hydrogen (secondary N) is 1. The molecule has 0 aliphatic heterocycles. The van der Waals surface area contributed by atoms with E-state index in [0.717, 1.165) is 0 Å². The average molecular weight is 352 g/mol. The molecule has 0 aliphatic carbocycles. The minimum Gasteiger partial charge on any atom is -0.482 e. The number of nitrogens with zero attached hydrogens (tertiary/aromatic N) is 3. The molecule has 0 aliphatic rings. The molecular weight excluding hydrogens is 332 g/mol. The monoisotopic (exact) mass is 352 g/mol. The highest BCUT2D eigenvalue weighted by Gasteiger charge is 2.12. The van der Waals surface area contributed by atoms with E-state index in [1.807, 2.05) is 19.9 Å². The average Bonchev–Trinajstić information content (AvgIpc) is 2.68. The third-order valence-corrected chi connectivity index (χ3v) is 3.68. The van der Waals surface area contributed by atoms with Crippen LogP contribution < -0.4 is 10.1 Å². The number of rotatable bonds is 7. The molecule has 1 aromatic heterocycles. The second-order valence-corrected chi connectivity index (χ2v) is 5.41. The van der Waals surface area contributed by atoms with Gasteiger partial charge in [0, 0.05) is 36.6 Å². The normalized spacial score (nSPS) is 9.88. The molecule has 0 bridgehead atoms. The lowest BCUT2D eigenvalue weighted by Gasteiger charge is -2.18. The topological polar surface area (TPSA) is 95.3 Å². The number of anilines is 1. The van der Waals surface area contributed by atoms with Gasteiger partial charge in [0.25, 0.3) is 11.8 Å². The second kappa shape index (κ2) is 9.18. The molecule has 26 heavy (non-hydrogen) atoms. The lowest BCUT2D eigenvalue weighted by Crippen LogP contribution is -2.30. The number of carbonyl (C=O) groups is 2. The Bertz CT molecular complexity index is 808. The summed E-state index contributed by atoms with van der Waals surface area (Å²) in [7, 11) is 0. The van der Waals surface area contributed by atoms with Gasteiger partial charge in [-0.15, -0.1) is 0 Å². The molecule has 0 saturated carbocycles. The Labute approximate surface area is 152 Å². The largest absolute Gasteiger partial charge is 0.482 e. The Morgan fingerprint density at radius 3 is 2.50 bits per heavy atom. The van der Waals surface area contributed by atoms with Crippen molar-refractivity contribution in [2.45, 2.75) is 13.8 Å². The zero-order valence-corrected chi connectivity index (χ0v) is 14.7. The van der Waals surface area contributed by atoms with Gasteiger partial charge in [0.15, 0.2) is 6.61 Å². The van der Waals surface area contributed by atoms with Crippen molar-refractivity contribution >= 4 is 17.5 Å². The Hall–Kier alpha value is -3.40. The van der Waals surface area contributed by atoms with E-state index in [1.54, 1.807) is 29.2 Å². The molecule has 0 radical (unpaired) electrons. The maximum atomic E-state index is 12.2. The number of benzene rings is 1. The minimum atomic E-state index is -0.352. The predicted octanol–water partition coefficient (Wildman–Crippen LogP) is 2.45. The van der Waals surface area contributed by atoms with Crippen LogP contribution in [0.15, 0.2) is 42.7 Å². The van der Waals surface area contributed by atoms with Crippen LogP contribution in [0.4, 0.5) is 5.69 Å². The fourth-order valence-corrected chi connectivity index (χ4v) is 2.29. The first kappa shape index (κ1) is 18.9. The highest BCUT2D eigenvalue weighted by Crippen LogP contribution is 2.13. The summed E-state index contributed by atoms with van der Waals surface area (Å²) in [5.41, 5.74) is 1.50. The zero-order chi connectivity index (χ0) is 18.9. The summed E-state index contributed by atoms with van der Waals surface area (Å²) in [5, 5.41) is 11.5. The molecule has 1 N–H and O–H groups in total. The summed E-state index contributed by atoms with van der Waals surface area (Å²) in [6.07, 6.45) is 2.84. The van der Waals surface area contributed by atoms with E-state index in [9.17, 15) is 9.59 Å². The predicted molar refractivity (Wildman–Crippen MR) is 96.8 cm³/mol. The van der Waals surface area contributed by atoms with Crippen LogP contribution in [0.3, 0.4) is 0 Å². The van der Waals surface area contributed by atoms with Crippen molar-refractivity contribution in [3.63, 3.8) is 0 Å². The van der Waals surface area contributed by atoms with E-state index in [4.69, 9.17) is 10.00 Å². The zero-order valence-electron chi connectivity index (χ0n) is 14.7. The summed E-state index contributed by atoms with van der Waals surface area (Å²) in [6, 6.07) is 10.2. The molecule has 0 unspecified atom stereocenters. The van der Waals surface area contributed by atoms with Gasteiger partial charge < -0.3 is 15.0 Å². The number of aromatic nitrogens is 1. The Kier molecular flexibility index (Phi) is 6.68. The van der Waals surface area contributed by atoms with Crippen molar-refractivity contribution in [2.75, 3.05) is 25.0 Å². The van der Waals surface area contributed by atoms with Crippen LogP contribution in [-0.2, 0) is 4.79 Å². The first-order valence-electron chi connectivity index (χ1n) is 8.24. The molecule has 0 atom stereocenters. The lowest BCUT2D eigenvalue weighted by atomic mass is 10.2. The number of hydrogen-bond donors (Lipinski definition) is 1. The molecular formula is C19H20N4O3. The molecule has 134 valence electrons. The third-order valence-electron chi connectivity index (χ3n) is 3.68. The standard InChI is InChI=1S/C19H20N4O3/c1-3-23(4-2)19(25)15-5-7-16(8-6-15)22-18(24)13-26-17-9-14(10-20)11-21-12-17/h5-9,11-12H,3-4,13H2,1-2H3,(H,22,24). The van der Waals surface area contributed by atoms with E-state index >= 15 is 0 Å². The van der Waals surface area contributed by atoms with E-state index in [1.165, 1.54) is 18.5 Å². The molecule has 2 amide bonds. The molecule has 2 aromatic rings. The Morgan fingerprint density at radius 1 is 1.19 bits per heavy atom. The second-order valence-electron chi connectivity index (χ2n) is 5.41. The van der Waals surface area contributed by atoms with Crippen molar-refractivity contribution in [1.82, 2.24) is 9.88 Å². The fourth-order valence-electron chi connectivity index (χ4n) is 2.29. The van der Waals surface area contributed by atoms with E-state index in [0.29, 0.717) is 35.7 Å². The van der Waals surface area contributed by atoms with Crippen LogP contribution in [0.5, 0.6) is 5.75 Å². The van der Waals surface area contributed by atoms with Gasteiger partial charge in [-0.25, -0.2) is 0 Å². The number of ether oxygens (including phenoxy) is 1. The highest BCUT2D eigenvalue weighted by molar-refractivity contribution is 5.96. The number of pyridine rings is 1. The number of amides is 2. The van der Waals surface area contributed by atoms with Gasteiger partial charge in [-0.3, -0.25) is 14.6 Å². The van der Waals surface area contributed by atoms with Gasteiger partial charge in [0.05, 0.1) is 11.8 Å². The van der Waals surface area contributed by atoms with Crippen LogP contribution in [0.25, 0.3) is 0 Å². The van der Waals surface area contributed by atoms with E-state index in [-0.39, 0.29) is 18.4 Å². The van der Waals surface area contributed by atoms with Crippen LogP contribution in [0.1, 0.15) is 29.8 Å². The van der Waals surface area contributed by atoms with Gasteiger partial charge in [0.2, 0.25) is 0 Å². The number of hydrogen-bond acceptors (Lipinski definition) is 5. The summed E-state index contributed by atoms with van der Waals surface area (Å²) < 4.78 is 5.32. The third kappa shape index (κ3) is 5.05. The molecule has 1 aromatic carbocycles. The smallest absolute Gasteiger partial charge is 0.262 e. The number of nitriles is 1. The summed E-state index contributed by atoms with van der Waals surface area (Å²) in [5.74, 6) is -0.0457. The highest BCUT2D eigenvalue weighted by atomic mass is 16.5. The van der Waals surface area contributed by atoms with Gasteiger partial charge in [0.1, 0.15) is 11.8 Å². The maximum Gasteiger partial charge on any atom is 0.262 e. The van der Waals surface area contributed by atoms with Crippen LogP contribution in [0, 0.1) is 11.3 Å². The van der Waals surface area contributed by atoms with Crippen molar-refractivity contribution in [2.24, 2.45) is 0 Å². The van der Waals surface area contributed by atoms with Crippen molar-refractivity contribution in [3.8, 4) is 11.8 Å². The van der Waals surface area contributed by atoms with E-state index < -0.39 is 0 Å². The minimum absolute atomic E-state index is 0.0407. The maximum absolute atomic E-state index is 12.2. The van der Waals surface area contributed by atoms with Crippen molar-refractivity contribution in [3.05, 3.63) is 53.9 Å². The summed E-state index contributed by atoms with van der Waals surface area (Å²) in [6.45, 7) is 4.94. The summed E-state index contributed by atoms with van der Waals surface area (Å²) in [4.78, 5) is 29.8. The molecule has 1 heterocycles. The molecule has 0 saturated heterocycles. The van der Waals surface area contributed by atoms with Crippen LogP contribution in [-0.4, -0.2) is 41.4 Å². The molecule has 2 rings (SSSR count). The first-order valence-corrected chi connectivity index (χ1v) is 8.24. The van der Waals surface area contributed by atoms with Crippen molar-refractivity contribution in [1.29, 1.82) is 5.26 Å². The van der Waals surface area contributed by atoms with E-state index in [2.05, 4.69) is 10.3 Å².